The molecule has 0 fully saturated rings. The van der Waals surface area contributed by atoms with Crippen LogP contribution in [-0.4, -0.2) is 4.98 Å². The normalized spacial score (nSPS) is 10.7. The van der Waals surface area contributed by atoms with Gasteiger partial charge in [-0.1, -0.05) is 46.3 Å². The van der Waals surface area contributed by atoms with Crippen LogP contribution in [0.25, 0.3) is 10.9 Å². The van der Waals surface area contributed by atoms with E-state index in [0.29, 0.717) is 0 Å². The lowest BCUT2D eigenvalue weighted by atomic mass is 10.1. The van der Waals surface area contributed by atoms with Crippen molar-refractivity contribution in [3.05, 3.63) is 70.3 Å². The summed E-state index contributed by atoms with van der Waals surface area (Å²) in [6.07, 6.45) is 1.84. The van der Waals surface area contributed by atoms with Crippen LogP contribution in [0, 0.1) is 6.92 Å². The van der Waals surface area contributed by atoms with Crippen LogP contribution in [0.2, 0.25) is 0 Å². The summed E-state index contributed by atoms with van der Waals surface area (Å²) in [7, 11) is 0. The molecule has 0 amide bonds. The average Bonchev–Trinajstić information content (AvgIpc) is 2.48. The molecule has 0 radical (unpaired) electrons. The molecule has 0 spiro atoms. The van der Waals surface area contributed by atoms with Crippen LogP contribution in [0.4, 0.5) is 5.69 Å². The molecular weight excluding hydrogens is 312 g/mol. The number of pyridine rings is 1. The number of halogens is 1. The Morgan fingerprint density at radius 2 is 1.90 bits per heavy atom. The summed E-state index contributed by atoms with van der Waals surface area (Å²) < 4.78 is 1.08. The van der Waals surface area contributed by atoms with E-state index in [1.54, 1.807) is 0 Å². The lowest BCUT2D eigenvalue weighted by molar-refractivity contribution is 1.14. The molecule has 0 aliphatic carbocycles. The molecule has 1 aromatic heterocycles. The molecule has 0 unspecified atom stereocenters. The second kappa shape index (κ2) is 5.63. The summed E-state index contributed by atoms with van der Waals surface area (Å²) in [5.41, 5.74) is 4.66. The van der Waals surface area contributed by atoms with E-state index in [2.05, 4.69) is 69.6 Å². The summed E-state index contributed by atoms with van der Waals surface area (Å²) in [4.78, 5) is 4.51. The Kier molecular flexibility index (Phi) is 3.70. The number of rotatable bonds is 3. The molecule has 0 saturated heterocycles. The number of hydrogen-bond acceptors (Lipinski definition) is 2. The van der Waals surface area contributed by atoms with Gasteiger partial charge in [0, 0.05) is 28.3 Å². The second-order valence-corrected chi connectivity index (χ2v) is 5.63. The fourth-order valence-electron chi connectivity index (χ4n) is 2.30. The van der Waals surface area contributed by atoms with Crippen LogP contribution < -0.4 is 5.32 Å². The van der Waals surface area contributed by atoms with Crippen LogP contribution in [0.1, 0.15) is 11.1 Å². The van der Waals surface area contributed by atoms with E-state index in [1.165, 1.54) is 16.8 Å². The van der Waals surface area contributed by atoms with Crippen LogP contribution in [0.3, 0.4) is 0 Å². The topological polar surface area (TPSA) is 24.9 Å². The van der Waals surface area contributed by atoms with Gasteiger partial charge in [0.2, 0.25) is 0 Å². The van der Waals surface area contributed by atoms with Crippen molar-refractivity contribution in [1.29, 1.82) is 0 Å². The Bertz CT molecular complexity index is 753. The summed E-state index contributed by atoms with van der Waals surface area (Å²) in [6.45, 7) is 2.88. The van der Waals surface area contributed by atoms with Crippen LogP contribution in [-0.2, 0) is 6.54 Å². The molecule has 2 nitrogen and oxygen atoms in total. The number of para-hydroxylation sites is 1. The molecule has 3 rings (SSSR count). The third-order valence-corrected chi connectivity index (χ3v) is 4.11. The standard InChI is InChI=1S/C17H15BrN2/c1-12-5-2-3-7-16(12)20-11-13-8-9-15(18)14-6-4-10-19-17(13)14/h2-10,20H,11H2,1H3. The first kappa shape index (κ1) is 13.1. The minimum Gasteiger partial charge on any atom is -0.381 e. The number of hydrogen-bond donors (Lipinski definition) is 1. The van der Waals surface area contributed by atoms with Gasteiger partial charge in [-0.2, -0.15) is 0 Å². The maximum Gasteiger partial charge on any atom is 0.0763 e. The Balaban J connectivity index is 1.92. The minimum absolute atomic E-state index is 0.769. The highest BCUT2D eigenvalue weighted by Crippen LogP contribution is 2.26. The Hall–Kier alpha value is -1.87. The van der Waals surface area contributed by atoms with Crippen molar-refractivity contribution in [2.24, 2.45) is 0 Å². The number of fused-ring (bicyclic) bond motifs is 1. The van der Waals surface area contributed by atoms with E-state index in [0.717, 1.165) is 21.9 Å². The number of nitrogens with zero attached hydrogens (tertiary/aromatic N) is 1. The zero-order valence-corrected chi connectivity index (χ0v) is 12.8. The molecule has 0 aliphatic heterocycles. The van der Waals surface area contributed by atoms with Gasteiger partial charge in [-0.3, -0.25) is 4.98 Å². The van der Waals surface area contributed by atoms with Crippen molar-refractivity contribution < 1.29 is 0 Å². The van der Waals surface area contributed by atoms with E-state index < -0.39 is 0 Å². The number of anilines is 1. The molecule has 0 saturated carbocycles. The van der Waals surface area contributed by atoms with E-state index in [9.17, 15) is 0 Å². The third kappa shape index (κ3) is 2.54. The van der Waals surface area contributed by atoms with Gasteiger partial charge in [-0.05, 0) is 36.2 Å². The average molecular weight is 327 g/mol. The highest BCUT2D eigenvalue weighted by Gasteiger charge is 2.05. The van der Waals surface area contributed by atoms with E-state index in [4.69, 9.17) is 0 Å². The zero-order chi connectivity index (χ0) is 13.9. The van der Waals surface area contributed by atoms with Gasteiger partial charge in [0.25, 0.3) is 0 Å². The first-order valence-electron chi connectivity index (χ1n) is 6.57. The molecule has 1 heterocycles. The molecule has 3 heteroatoms. The molecule has 1 N–H and O–H groups in total. The quantitative estimate of drug-likeness (QED) is 0.739. The fraction of sp³-hybridized carbons (Fsp3) is 0.118. The SMILES string of the molecule is Cc1ccccc1NCc1ccc(Br)c2cccnc12. The van der Waals surface area contributed by atoms with Crippen LogP contribution in [0.15, 0.2) is 59.2 Å². The monoisotopic (exact) mass is 326 g/mol. The van der Waals surface area contributed by atoms with Gasteiger partial charge in [-0.25, -0.2) is 0 Å². The van der Waals surface area contributed by atoms with Gasteiger partial charge < -0.3 is 5.32 Å². The number of aryl methyl sites for hydroxylation is 1. The molecule has 2 aromatic carbocycles. The summed E-state index contributed by atoms with van der Waals surface area (Å²) >= 11 is 3.58. The summed E-state index contributed by atoms with van der Waals surface area (Å²) in [6, 6.07) is 16.6. The van der Waals surface area contributed by atoms with Crippen LogP contribution >= 0.6 is 15.9 Å². The van der Waals surface area contributed by atoms with Gasteiger partial charge in [0.15, 0.2) is 0 Å². The number of aromatic nitrogens is 1. The molecule has 3 aromatic rings. The second-order valence-electron chi connectivity index (χ2n) is 4.77. The lowest BCUT2D eigenvalue weighted by Crippen LogP contribution is -2.02. The molecule has 0 atom stereocenters. The third-order valence-electron chi connectivity index (χ3n) is 3.41. The molecule has 20 heavy (non-hydrogen) atoms. The maximum absolute atomic E-state index is 4.51. The van der Waals surface area contributed by atoms with Gasteiger partial charge >= 0.3 is 0 Å². The summed E-state index contributed by atoms with van der Waals surface area (Å²) in [5.74, 6) is 0. The molecule has 0 aliphatic rings. The highest BCUT2D eigenvalue weighted by atomic mass is 79.9. The predicted octanol–water partition coefficient (Wildman–Crippen LogP) is 4.92. The zero-order valence-electron chi connectivity index (χ0n) is 11.2. The highest BCUT2D eigenvalue weighted by molar-refractivity contribution is 9.10. The predicted molar refractivity (Wildman–Crippen MR) is 87.9 cm³/mol. The number of nitrogens with one attached hydrogen (secondary N) is 1. The van der Waals surface area contributed by atoms with E-state index >= 15 is 0 Å². The van der Waals surface area contributed by atoms with Crippen molar-refractivity contribution in [2.45, 2.75) is 13.5 Å². The molecule has 0 bridgehead atoms. The van der Waals surface area contributed by atoms with E-state index in [-0.39, 0.29) is 0 Å². The van der Waals surface area contributed by atoms with Crippen molar-refractivity contribution in [2.75, 3.05) is 5.32 Å². The molecular formula is C17H15BrN2. The number of benzene rings is 2. The van der Waals surface area contributed by atoms with Gasteiger partial charge in [0.1, 0.15) is 0 Å². The van der Waals surface area contributed by atoms with Gasteiger partial charge in [-0.15, -0.1) is 0 Å². The smallest absolute Gasteiger partial charge is 0.0763 e. The Labute approximate surface area is 127 Å². The minimum atomic E-state index is 0.769. The Morgan fingerprint density at radius 3 is 2.75 bits per heavy atom. The van der Waals surface area contributed by atoms with Crippen molar-refractivity contribution in [1.82, 2.24) is 4.98 Å². The van der Waals surface area contributed by atoms with Crippen molar-refractivity contribution in [3.8, 4) is 0 Å². The van der Waals surface area contributed by atoms with E-state index in [1.807, 2.05) is 18.3 Å². The Morgan fingerprint density at radius 1 is 1.05 bits per heavy atom. The fourth-order valence-corrected chi connectivity index (χ4v) is 2.75. The molecule has 100 valence electrons. The first-order chi connectivity index (χ1) is 9.75. The largest absolute Gasteiger partial charge is 0.381 e. The lowest BCUT2D eigenvalue weighted by Gasteiger charge is -2.11. The first-order valence-corrected chi connectivity index (χ1v) is 7.36. The van der Waals surface area contributed by atoms with Crippen molar-refractivity contribution in [3.63, 3.8) is 0 Å². The van der Waals surface area contributed by atoms with Crippen molar-refractivity contribution >= 4 is 32.5 Å². The maximum atomic E-state index is 4.51. The van der Waals surface area contributed by atoms with Gasteiger partial charge in [0.05, 0.1) is 5.52 Å². The van der Waals surface area contributed by atoms with Crippen LogP contribution in [0.5, 0.6) is 0 Å². The summed E-state index contributed by atoms with van der Waals surface area (Å²) in [5, 5.41) is 4.64.